The van der Waals surface area contributed by atoms with Crippen LogP contribution < -0.4 is 0 Å². The zero-order valence-corrected chi connectivity index (χ0v) is 20.6. The van der Waals surface area contributed by atoms with Crippen molar-refractivity contribution in [1.82, 2.24) is 14.2 Å². The number of hydrogen-bond donors (Lipinski definition) is 1. The molecule has 9 heteroatoms. The van der Waals surface area contributed by atoms with Gasteiger partial charge in [-0.1, -0.05) is 41.9 Å². The average Bonchev–Trinajstić information content (AvgIpc) is 2.90. The zero-order valence-electron chi connectivity index (χ0n) is 19.0. The van der Waals surface area contributed by atoms with Crippen LogP contribution in [0.2, 0.25) is 5.02 Å². The number of rotatable bonds is 7. The monoisotopic (exact) mass is 511 g/mol. The van der Waals surface area contributed by atoms with E-state index in [0.29, 0.717) is 16.1 Å². The van der Waals surface area contributed by atoms with Gasteiger partial charge >= 0.3 is 0 Å². The summed E-state index contributed by atoms with van der Waals surface area (Å²) in [6, 6.07) is 19.7. The first-order valence-electron chi connectivity index (χ1n) is 11.3. The minimum Gasteiger partial charge on any atom is -0.396 e. The minimum atomic E-state index is -3.79. The molecule has 1 aliphatic heterocycles. The lowest BCUT2D eigenvalue weighted by atomic mass is 10.1. The summed E-state index contributed by atoms with van der Waals surface area (Å²) in [5.41, 5.74) is 2.98. The van der Waals surface area contributed by atoms with Crippen LogP contribution in [-0.4, -0.2) is 66.4 Å². The summed E-state index contributed by atoms with van der Waals surface area (Å²) in [6.45, 7) is 0.652. The van der Waals surface area contributed by atoms with Gasteiger partial charge in [0.25, 0.3) is 5.91 Å². The Labute approximate surface area is 210 Å². The molecule has 1 aromatic heterocycles. The Hall–Kier alpha value is -3.04. The first-order valence-corrected chi connectivity index (χ1v) is 13.1. The lowest BCUT2D eigenvalue weighted by Gasteiger charge is -2.34. The summed E-state index contributed by atoms with van der Waals surface area (Å²) in [4.78, 5) is 19.1. The molecule has 7 nitrogen and oxygen atoms in total. The quantitative estimate of drug-likeness (QED) is 0.519. The SMILES string of the molecule is O=C(c1ccc(-c2ccccn2)cc1)N1CCN(S(=O)(=O)/C(=C\c2ccc(Cl)cc2)CCO)CC1. The van der Waals surface area contributed by atoms with Gasteiger partial charge in [0.2, 0.25) is 10.0 Å². The highest BCUT2D eigenvalue weighted by Crippen LogP contribution is 2.23. The van der Waals surface area contributed by atoms with Crippen LogP contribution in [0.5, 0.6) is 0 Å². The third-order valence-corrected chi connectivity index (χ3v) is 8.13. The van der Waals surface area contributed by atoms with E-state index in [4.69, 9.17) is 11.6 Å². The second-order valence-electron chi connectivity index (χ2n) is 8.12. The van der Waals surface area contributed by atoms with E-state index in [2.05, 4.69) is 4.98 Å². The normalized spacial score (nSPS) is 15.3. The molecule has 0 atom stereocenters. The molecular formula is C26H26ClN3O4S. The standard InChI is InChI=1S/C26H26ClN3O4S/c27-23-10-4-20(5-11-23)19-24(12-18-31)35(33,34)30-16-14-29(15-17-30)26(32)22-8-6-21(7-9-22)25-3-1-2-13-28-25/h1-11,13,19,31H,12,14-18H2/b24-19-. The summed E-state index contributed by atoms with van der Waals surface area (Å²) >= 11 is 5.92. The van der Waals surface area contributed by atoms with Crippen molar-refractivity contribution in [3.63, 3.8) is 0 Å². The van der Waals surface area contributed by atoms with Crippen molar-refractivity contribution in [3.8, 4) is 11.3 Å². The Balaban J connectivity index is 1.43. The van der Waals surface area contributed by atoms with E-state index in [1.165, 1.54) is 4.31 Å². The third-order valence-electron chi connectivity index (χ3n) is 5.85. The number of amides is 1. The molecule has 1 amide bonds. The van der Waals surface area contributed by atoms with Gasteiger partial charge in [0.05, 0.1) is 10.6 Å². The fraction of sp³-hybridized carbons (Fsp3) is 0.231. The maximum atomic E-state index is 13.3. The van der Waals surface area contributed by atoms with E-state index < -0.39 is 10.0 Å². The number of hydrogen-bond acceptors (Lipinski definition) is 5. The molecular weight excluding hydrogens is 486 g/mol. The molecule has 3 aromatic rings. The van der Waals surface area contributed by atoms with Gasteiger partial charge in [0.15, 0.2) is 0 Å². The van der Waals surface area contributed by atoms with Crippen LogP contribution in [-0.2, 0) is 10.0 Å². The van der Waals surface area contributed by atoms with Crippen LogP contribution in [0.3, 0.4) is 0 Å². The molecule has 1 fully saturated rings. The molecule has 1 aliphatic rings. The van der Waals surface area contributed by atoms with E-state index in [0.717, 1.165) is 11.3 Å². The van der Waals surface area contributed by atoms with Crippen LogP contribution in [0, 0.1) is 0 Å². The Bertz CT molecular complexity index is 1290. The number of sulfonamides is 1. The van der Waals surface area contributed by atoms with Crippen molar-refractivity contribution >= 4 is 33.6 Å². The molecule has 0 saturated carbocycles. The molecule has 0 unspecified atom stereocenters. The van der Waals surface area contributed by atoms with Gasteiger partial charge in [-0.15, -0.1) is 0 Å². The van der Waals surface area contributed by atoms with E-state index in [1.807, 2.05) is 30.3 Å². The smallest absolute Gasteiger partial charge is 0.253 e. The fourth-order valence-electron chi connectivity index (χ4n) is 3.93. The van der Waals surface area contributed by atoms with Gasteiger partial charge in [0, 0.05) is 61.6 Å². The molecule has 0 aliphatic carbocycles. The third kappa shape index (κ3) is 5.97. The topological polar surface area (TPSA) is 90.8 Å². The molecule has 1 saturated heterocycles. The molecule has 0 bridgehead atoms. The highest BCUT2D eigenvalue weighted by atomic mass is 35.5. The van der Waals surface area contributed by atoms with Crippen molar-refractivity contribution in [1.29, 1.82) is 0 Å². The summed E-state index contributed by atoms with van der Waals surface area (Å²) in [5.74, 6) is -0.137. The van der Waals surface area contributed by atoms with Crippen molar-refractivity contribution in [2.75, 3.05) is 32.8 Å². The number of pyridine rings is 1. The van der Waals surface area contributed by atoms with E-state index in [1.54, 1.807) is 53.6 Å². The maximum Gasteiger partial charge on any atom is 0.253 e. The number of nitrogens with zero attached hydrogens (tertiary/aromatic N) is 3. The van der Waals surface area contributed by atoms with Gasteiger partial charge < -0.3 is 10.0 Å². The summed E-state index contributed by atoms with van der Waals surface area (Å²) in [5, 5.41) is 10.0. The number of aliphatic hydroxyl groups excluding tert-OH is 1. The van der Waals surface area contributed by atoms with Gasteiger partial charge in [-0.3, -0.25) is 9.78 Å². The Morgan fingerprint density at radius 2 is 1.66 bits per heavy atom. The van der Waals surface area contributed by atoms with Crippen LogP contribution in [0.4, 0.5) is 0 Å². The van der Waals surface area contributed by atoms with Gasteiger partial charge in [-0.2, -0.15) is 4.31 Å². The van der Waals surface area contributed by atoms with Crippen molar-refractivity contribution in [3.05, 3.63) is 94.0 Å². The van der Waals surface area contributed by atoms with E-state index >= 15 is 0 Å². The number of aromatic nitrogens is 1. The minimum absolute atomic E-state index is 0.00667. The van der Waals surface area contributed by atoms with Crippen molar-refractivity contribution in [2.24, 2.45) is 0 Å². The van der Waals surface area contributed by atoms with Crippen LogP contribution in [0.25, 0.3) is 17.3 Å². The Kier molecular flexibility index (Phi) is 7.97. The molecule has 0 radical (unpaired) electrons. The number of piperazine rings is 1. The number of benzene rings is 2. The molecule has 0 spiro atoms. The lowest BCUT2D eigenvalue weighted by molar-refractivity contribution is 0.0698. The maximum absolute atomic E-state index is 13.3. The Morgan fingerprint density at radius 1 is 0.971 bits per heavy atom. The van der Waals surface area contributed by atoms with Gasteiger partial charge in [0.1, 0.15) is 0 Å². The number of aliphatic hydroxyl groups is 1. The first kappa shape index (κ1) is 25.1. The summed E-state index contributed by atoms with van der Waals surface area (Å²) in [7, 11) is -3.79. The molecule has 2 heterocycles. The average molecular weight is 512 g/mol. The second-order valence-corrected chi connectivity index (χ2v) is 10.6. The number of carbonyl (C=O) groups excluding carboxylic acids is 1. The molecule has 2 aromatic carbocycles. The summed E-state index contributed by atoms with van der Waals surface area (Å²) < 4.78 is 27.9. The summed E-state index contributed by atoms with van der Waals surface area (Å²) in [6.07, 6.45) is 3.29. The lowest BCUT2D eigenvalue weighted by Crippen LogP contribution is -2.50. The Morgan fingerprint density at radius 3 is 2.26 bits per heavy atom. The first-order chi connectivity index (χ1) is 16.9. The fourth-order valence-corrected chi connectivity index (χ4v) is 5.66. The van der Waals surface area contributed by atoms with Crippen molar-refractivity contribution in [2.45, 2.75) is 6.42 Å². The van der Waals surface area contributed by atoms with E-state index in [9.17, 15) is 18.3 Å². The van der Waals surface area contributed by atoms with Gasteiger partial charge in [-0.05, 0) is 48.0 Å². The predicted octanol–water partition coefficient (Wildman–Crippen LogP) is 3.91. The van der Waals surface area contributed by atoms with Crippen LogP contribution >= 0.6 is 11.6 Å². The largest absolute Gasteiger partial charge is 0.396 e. The molecule has 1 N–H and O–H groups in total. The highest BCUT2D eigenvalue weighted by molar-refractivity contribution is 7.93. The van der Waals surface area contributed by atoms with E-state index in [-0.39, 0.29) is 50.0 Å². The highest BCUT2D eigenvalue weighted by Gasteiger charge is 2.31. The predicted molar refractivity (Wildman–Crippen MR) is 137 cm³/mol. The zero-order chi connectivity index (χ0) is 24.8. The molecule has 35 heavy (non-hydrogen) atoms. The second kappa shape index (κ2) is 11.1. The number of carbonyl (C=O) groups is 1. The molecule has 4 rings (SSSR count). The van der Waals surface area contributed by atoms with Gasteiger partial charge in [-0.25, -0.2) is 8.42 Å². The van der Waals surface area contributed by atoms with Crippen molar-refractivity contribution < 1.29 is 18.3 Å². The number of halogens is 1. The van der Waals surface area contributed by atoms with Crippen LogP contribution in [0.15, 0.2) is 77.8 Å². The van der Waals surface area contributed by atoms with Crippen LogP contribution in [0.1, 0.15) is 22.3 Å². The molecule has 182 valence electrons.